The molecule has 0 amide bonds. The molecule has 2 unspecified atom stereocenters. The van der Waals surface area contributed by atoms with Crippen LogP contribution in [0.3, 0.4) is 0 Å². The highest BCUT2D eigenvalue weighted by Crippen LogP contribution is 2.31. The maximum absolute atomic E-state index is 13.1. The molecule has 1 aliphatic rings. The summed E-state index contributed by atoms with van der Waals surface area (Å²) in [5.74, 6) is -0.0379. The van der Waals surface area contributed by atoms with Crippen molar-refractivity contribution in [2.45, 2.75) is 51.6 Å². The molecule has 1 aromatic rings. The molecule has 2 atom stereocenters. The molecule has 0 aliphatic carbocycles. The van der Waals surface area contributed by atoms with Crippen LogP contribution in [0.1, 0.15) is 51.1 Å². The molecule has 1 aromatic carbocycles. The van der Waals surface area contributed by atoms with Crippen molar-refractivity contribution in [1.29, 1.82) is 0 Å². The molecule has 0 radical (unpaired) electrons. The van der Waals surface area contributed by atoms with Gasteiger partial charge in [0, 0.05) is 18.5 Å². The van der Waals surface area contributed by atoms with Gasteiger partial charge in [-0.25, -0.2) is 4.39 Å². The minimum atomic E-state index is -0.225. The molecule has 1 fully saturated rings. The van der Waals surface area contributed by atoms with E-state index in [9.17, 15) is 9.18 Å². The normalized spacial score (nSPS) is 22.2. The van der Waals surface area contributed by atoms with Crippen LogP contribution in [0.25, 0.3) is 0 Å². The fourth-order valence-corrected chi connectivity index (χ4v) is 2.97. The van der Waals surface area contributed by atoms with Gasteiger partial charge in [0.05, 0.1) is 0 Å². The molecule has 0 N–H and O–H groups in total. The van der Waals surface area contributed by atoms with Crippen LogP contribution in [0.15, 0.2) is 24.3 Å². The van der Waals surface area contributed by atoms with Crippen molar-refractivity contribution < 1.29 is 9.18 Å². The van der Waals surface area contributed by atoms with Crippen molar-refractivity contribution in [2.24, 2.45) is 0 Å². The van der Waals surface area contributed by atoms with Crippen LogP contribution in [0.2, 0.25) is 0 Å². The lowest BCUT2D eigenvalue weighted by atomic mass is 9.94. The molecule has 3 heteroatoms. The zero-order chi connectivity index (χ0) is 13.8. The lowest BCUT2D eigenvalue weighted by molar-refractivity contribution is -0.118. The summed E-state index contributed by atoms with van der Waals surface area (Å²) in [7, 11) is 0. The average molecular weight is 263 g/mol. The largest absolute Gasteiger partial charge is 0.300 e. The summed E-state index contributed by atoms with van der Waals surface area (Å²) in [6.07, 6.45) is 4.12. The summed E-state index contributed by atoms with van der Waals surface area (Å²) in [4.78, 5) is 13.9. The number of rotatable bonds is 4. The van der Waals surface area contributed by atoms with E-state index in [2.05, 4.69) is 11.8 Å². The number of ketones is 1. The van der Waals surface area contributed by atoms with Gasteiger partial charge in [0.15, 0.2) is 0 Å². The Kier molecular flexibility index (Phi) is 4.70. The smallest absolute Gasteiger partial charge is 0.131 e. The van der Waals surface area contributed by atoms with Gasteiger partial charge in [0.2, 0.25) is 0 Å². The van der Waals surface area contributed by atoms with E-state index in [0.29, 0.717) is 12.5 Å². The molecule has 1 heterocycles. The number of nitrogens with zero attached hydrogens (tertiary/aromatic N) is 1. The second-order valence-corrected chi connectivity index (χ2v) is 5.56. The highest BCUT2D eigenvalue weighted by molar-refractivity contribution is 5.76. The van der Waals surface area contributed by atoms with Gasteiger partial charge in [-0.15, -0.1) is 0 Å². The molecular weight excluding hydrogens is 241 g/mol. The van der Waals surface area contributed by atoms with Crippen LogP contribution in [0.5, 0.6) is 0 Å². The van der Waals surface area contributed by atoms with Crippen molar-refractivity contribution in [3.05, 3.63) is 35.6 Å². The number of likely N-dealkylation sites (tertiary alicyclic amines) is 1. The first kappa shape index (κ1) is 14.2. The van der Waals surface area contributed by atoms with Crippen LogP contribution in [0.4, 0.5) is 4.39 Å². The van der Waals surface area contributed by atoms with E-state index in [-0.39, 0.29) is 17.6 Å². The number of benzene rings is 1. The molecule has 0 bridgehead atoms. The molecule has 104 valence electrons. The van der Waals surface area contributed by atoms with Gasteiger partial charge in [-0.1, -0.05) is 18.6 Å². The van der Waals surface area contributed by atoms with E-state index < -0.39 is 0 Å². The molecule has 2 nitrogen and oxygen atoms in total. The summed E-state index contributed by atoms with van der Waals surface area (Å²) >= 11 is 0. The van der Waals surface area contributed by atoms with Crippen molar-refractivity contribution in [2.75, 3.05) is 6.54 Å². The van der Waals surface area contributed by atoms with Gasteiger partial charge in [0.25, 0.3) is 0 Å². The maximum Gasteiger partial charge on any atom is 0.131 e. The third kappa shape index (κ3) is 3.63. The molecule has 2 rings (SSSR count). The number of hydrogen-bond acceptors (Lipinski definition) is 2. The second kappa shape index (κ2) is 6.29. The molecule has 0 aromatic heterocycles. The van der Waals surface area contributed by atoms with E-state index in [4.69, 9.17) is 0 Å². The summed E-state index contributed by atoms with van der Waals surface area (Å²) in [5.41, 5.74) is 1.05. The molecule has 1 saturated heterocycles. The Balaban J connectivity index is 2.24. The minimum Gasteiger partial charge on any atom is -0.300 e. The van der Waals surface area contributed by atoms with Crippen LogP contribution in [-0.4, -0.2) is 23.3 Å². The Morgan fingerprint density at radius 2 is 2.05 bits per heavy atom. The SMILES string of the molecule is CC(=O)CC(c1ccc(F)cc1)N1CCCCC1C. The predicted molar refractivity (Wildman–Crippen MR) is 74.5 cm³/mol. The third-order valence-electron chi connectivity index (χ3n) is 3.99. The zero-order valence-electron chi connectivity index (χ0n) is 11.7. The third-order valence-corrected chi connectivity index (χ3v) is 3.99. The Hall–Kier alpha value is -1.22. The molecule has 19 heavy (non-hydrogen) atoms. The van der Waals surface area contributed by atoms with E-state index in [1.165, 1.54) is 31.4 Å². The minimum absolute atomic E-state index is 0.0911. The topological polar surface area (TPSA) is 20.3 Å². The first-order valence-electron chi connectivity index (χ1n) is 7.08. The number of piperidine rings is 1. The lowest BCUT2D eigenvalue weighted by Crippen LogP contribution is -2.41. The van der Waals surface area contributed by atoms with Gasteiger partial charge in [-0.05, 0) is 50.9 Å². The molecular formula is C16H22FNO. The van der Waals surface area contributed by atoms with Gasteiger partial charge in [-0.3, -0.25) is 9.69 Å². The van der Waals surface area contributed by atoms with Crippen LogP contribution in [0, 0.1) is 5.82 Å². The Morgan fingerprint density at radius 3 is 2.63 bits per heavy atom. The van der Waals surface area contributed by atoms with Crippen molar-refractivity contribution in [3.63, 3.8) is 0 Å². The van der Waals surface area contributed by atoms with Crippen LogP contribution in [-0.2, 0) is 4.79 Å². The van der Waals surface area contributed by atoms with Crippen molar-refractivity contribution >= 4 is 5.78 Å². The van der Waals surface area contributed by atoms with Gasteiger partial charge in [0.1, 0.15) is 11.6 Å². The zero-order valence-corrected chi connectivity index (χ0v) is 11.7. The monoisotopic (exact) mass is 263 g/mol. The van der Waals surface area contributed by atoms with Gasteiger partial charge in [-0.2, -0.15) is 0 Å². The number of halogens is 1. The second-order valence-electron chi connectivity index (χ2n) is 5.56. The first-order chi connectivity index (χ1) is 9.08. The average Bonchev–Trinajstić information content (AvgIpc) is 2.38. The fraction of sp³-hybridized carbons (Fsp3) is 0.562. The van der Waals surface area contributed by atoms with Crippen LogP contribution >= 0.6 is 0 Å². The Labute approximate surface area is 114 Å². The highest BCUT2D eigenvalue weighted by Gasteiger charge is 2.28. The first-order valence-corrected chi connectivity index (χ1v) is 7.08. The number of Topliss-reactive ketones (excluding diaryl/α,β-unsaturated/α-hetero) is 1. The summed E-state index contributed by atoms with van der Waals surface area (Å²) in [6.45, 7) is 4.87. The Morgan fingerprint density at radius 1 is 1.37 bits per heavy atom. The lowest BCUT2D eigenvalue weighted by Gasteiger charge is -2.39. The maximum atomic E-state index is 13.1. The highest BCUT2D eigenvalue weighted by atomic mass is 19.1. The standard InChI is InChI=1S/C16H22FNO/c1-12-5-3-4-10-18(12)16(11-13(2)19)14-6-8-15(17)9-7-14/h6-9,12,16H,3-5,10-11H2,1-2H3. The number of hydrogen-bond donors (Lipinski definition) is 0. The predicted octanol–water partition coefficient (Wildman–Crippen LogP) is 3.72. The van der Waals surface area contributed by atoms with Gasteiger partial charge >= 0.3 is 0 Å². The van der Waals surface area contributed by atoms with E-state index in [0.717, 1.165) is 12.1 Å². The molecule has 0 saturated carbocycles. The van der Waals surface area contributed by atoms with Crippen LogP contribution < -0.4 is 0 Å². The van der Waals surface area contributed by atoms with E-state index in [1.807, 2.05) is 12.1 Å². The molecule has 0 spiro atoms. The number of carbonyl (C=O) groups is 1. The van der Waals surface area contributed by atoms with E-state index >= 15 is 0 Å². The number of carbonyl (C=O) groups excluding carboxylic acids is 1. The summed E-state index contributed by atoms with van der Waals surface area (Å²) in [6, 6.07) is 7.17. The Bertz CT molecular complexity index is 429. The molecule has 1 aliphatic heterocycles. The van der Waals surface area contributed by atoms with Crippen molar-refractivity contribution in [3.8, 4) is 0 Å². The quantitative estimate of drug-likeness (QED) is 0.825. The fourth-order valence-electron chi connectivity index (χ4n) is 2.97. The summed E-state index contributed by atoms with van der Waals surface area (Å²) < 4.78 is 13.1. The van der Waals surface area contributed by atoms with Crippen molar-refractivity contribution in [1.82, 2.24) is 4.90 Å². The summed E-state index contributed by atoms with van der Waals surface area (Å²) in [5, 5.41) is 0. The van der Waals surface area contributed by atoms with E-state index in [1.54, 1.807) is 6.92 Å². The van der Waals surface area contributed by atoms with Gasteiger partial charge < -0.3 is 0 Å².